The lowest BCUT2D eigenvalue weighted by Gasteiger charge is -2.09. The van der Waals surface area contributed by atoms with Gasteiger partial charge in [-0.2, -0.15) is 0 Å². The molecule has 1 amide bonds. The van der Waals surface area contributed by atoms with Gasteiger partial charge in [-0.1, -0.05) is 30.3 Å². The molecule has 0 fully saturated rings. The van der Waals surface area contributed by atoms with Crippen LogP contribution in [0.5, 0.6) is 5.88 Å². The summed E-state index contributed by atoms with van der Waals surface area (Å²) < 4.78 is 0.803. The van der Waals surface area contributed by atoms with Gasteiger partial charge in [0.05, 0.1) is 13.1 Å². The minimum Gasteiger partial charge on any atom is -0.494 e. The molecule has 0 spiro atoms. The molecule has 8 nitrogen and oxygen atoms in total. The minimum atomic E-state index is -0.934. The lowest BCUT2D eigenvalue weighted by molar-refractivity contribution is -0.116. The van der Waals surface area contributed by atoms with Crippen molar-refractivity contribution in [1.29, 1.82) is 0 Å². The number of aromatic nitrogens is 2. The van der Waals surface area contributed by atoms with Crippen molar-refractivity contribution in [2.75, 3.05) is 6.54 Å². The maximum absolute atomic E-state index is 12.3. The molecule has 1 aromatic carbocycles. The normalized spacial score (nSPS) is 10.3. The molecule has 0 aliphatic heterocycles. The molecular formula is C15H15N3O5. The van der Waals surface area contributed by atoms with Crippen LogP contribution in [0.1, 0.15) is 22.8 Å². The van der Waals surface area contributed by atoms with Gasteiger partial charge in [-0.05, 0) is 12.5 Å². The number of carbonyl (C=O) groups excluding carboxylic acids is 2. The summed E-state index contributed by atoms with van der Waals surface area (Å²) in [6, 6.07) is 8.71. The number of aromatic amines is 1. The summed E-state index contributed by atoms with van der Waals surface area (Å²) >= 11 is 0. The van der Waals surface area contributed by atoms with Gasteiger partial charge in [-0.25, -0.2) is 4.79 Å². The molecule has 0 aliphatic carbocycles. The molecular weight excluding hydrogens is 302 g/mol. The summed E-state index contributed by atoms with van der Waals surface area (Å²) in [5, 5.41) is 11.9. The van der Waals surface area contributed by atoms with E-state index in [-0.39, 0.29) is 18.9 Å². The number of ketones is 1. The van der Waals surface area contributed by atoms with Crippen molar-refractivity contribution in [3.63, 3.8) is 0 Å². The second-order valence-corrected chi connectivity index (χ2v) is 4.92. The highest BCUT2D eigenvalue weighted by Crippen LogP contribution is 2.06. The number of nitrogens with zero attached hydrogens (tertiary/aromatic N) is 1. The first-order valence-electron chi connectivity index (χ1n) is 6.77. The van der Waals surface area contributed by atoms with E-state index in [9.17, 15) is 24.3 Å². The Labute approximate surface area is 130 Å². The zero-order chi connectivity index (χ0) is 17.0. The molecule has 0 radical (unpaired) electrons. The smallest absolute Gasteiger partial charge is 0.331 e. The Balaban J connectivity index is 2.43. The van der Waals surface area contributed by atoms with Crippen LogP contribution >= 0.6 is 0 Å². The van der Waals surface area contributed by atoms with Gasteiger partial charge in [0.1, 0.15) is 5.78 Å². The number of carbonyl (C=O) groups is 2. The van der Waals surface area contributed by atoms with E-state index in [1.54, 1.807) is 30.3 Å². The van der Waals surface area contributed by atoms with Crippen molar-refractivity contribution in [2.24, 2.45) is 0 Å². The fraction of sp³-hybridized carbons (Fsp3) is 0.200. The SMILES string of the molecule is CC(=O)CNC(=O)c1c(O)[nH]c(=O)n(Cc2ccccc2)c1=O. The van der Waals surface area contributed by atoms with E-state index in [0.717, 1.165) is 4.57 Å². The van der Waals surface area contributed by atoms with Crippen LogP contribution in [0.15, 0.2) is 39.9 Å². The molecule has 3 N–H and O–H groups in total. The molecule has 23 heavy (non-hydrogen) atoms. The fourth-order valence-electron chi connectivity index (χ4n) is 1.97. The quantitative estimate of drug-likeness (QED) is 0.693. The lowest BCUT2D eigenvalue weighted by Crippen LogP contribution is -2.41. The lowest BCUT2D eigenvalue weighted by atomic mass is 10.2. The van der Waals surface area contributed by atoms with E-state index < -0.39 is 28.6 Å². The van der Waals surface area contributed by atoms with Crippen LogP contribution in [0.2, 0.25) is 0 Å². The summed E-state index contributed by atoms with van der Waals surface area (Å²) in [7, 11) is 0. The third-order valence-electron chi connectivity index (χ3n) is 3.07. The zero-order valence-corrected chi connectivity index (χ0v) is 12.3. The number of benzene rings is 1. The van der Waals surface area contributed by atoms with Crippen LogP contribution in [-0.2, 0) is 11.3 Å². The molecule has 0 saturated carbocycles. The maximum atomic E-state index is 12.3. The molecule has 0 saturated heterocycles. The van der Waals surface area contributed by atoms with Gasteiger partial charge in [0.15, 0.2) is 5.56 Å². The van der Waals surface area contributed by atoms with Crippen molar-refractivity contribution < 1.29 is 14.7 Å². The minimum absolute atomic E-state index is 0.0533. The summed E-state index contributed by atoms with van der Waals surface area (Å²) in [6.07, 6.45) is 0. The first-order chi connectivity index (χ1) is 10.9. The molecule has 0 bridgehead atoms. The first-order valence-corrected chi connectivity index (χ1v) is 6.77. The van der Waals surface area contributed by atoms with Crippen LogP contribution in [0, 0.1) is 0 Å². The van der Waals surface area contributed by atoms with E-state index in [0.29, 0.717) is 5.56 Å². The van der Waals surface area contributed by atoms with Gasteiger partial charge in [0.25, 0.3) is 11.5 Å². The topological polar surface area (TPSA) is 121 Å². The number of hydrogen-bond donors (Lipinski definition) is 3. The number of aromatic hydroxyl groups is 1. The second kappa shape index (κ2) is 6.73. The highest BCUT2D eigenvalue weighted by Gasteiger charge is 2.20. The van der Waals surface area contributed by atoms with E-state index >= 15 is 0 Å². The average molecular weight is 317 g/mol. The first kappa shape index (κ1) is 16.2. The third-order valence-corrected chi connectivity index (χ3v) is 3.07. The Morgan fingerprint density at radius 1 is 1.22 bits per heavy atom. The van der Waals surface area contributed by atoms with Crippen LogP contribution < -0.4 is 16.6 Å². The molecule has 2 rings (SSSR count). The summed E-state index contributed by atoms with van der Waals surface area (Å²) in [4.78, 5) is 49.1. The zero-order valence-electron chi connectivity index (χ0n) is 12.3. The molecule has 2 aromatic rings. The highest BCUT2D eigenvalue weighted by atomic mass is 16.3. The second-order valence-electron chi connectivity index (χ2n) is 4.92. The summed E-state index contributed by atoms with van der Waals surface area (Å²) in [5.74, 6) is -2.07. The number of H-pyrrole nitrogens is 1. The molecule has 1 aromatic heterocycles. The standard InChI is InChI=1S/C15H15N3O5/c1-9(19)7-16-12(20)11-13(21)17-15(23)18(14(11)22)8-10-5-3-2-4-6-10/h2-6,21H,7-8H2,1H3,(H,16,20)(H,17,23). The predicted octanol–water partition coefficient (Wildman–Crippen LogP) is -0.391. The number of rotatable bonds is 5. The number of amides is 1. The van der Waals surface area contributed by atoms with Crippen molar-refractivity contribution in [3.8, 4) is 5.88 Å². The molecule has 0 aliphatic rings. The molecule has 0 atom stereocenters. The fourth-order valence-corrected chi connectivity index (χ4v) is 1.97. The Bertz CT molecular complexity index is 852. The van der Waals surface area contributed by atoms with E-state index in [1.807, 2.05) is 0 Å². The number of hydrogen-bond acceptors (Lipinski definition) is 5. The summed E-state index contributed by atoms with van der Waals surface area (Å²) in [6.45, 7) is 0.929. The predicted molar refractivity (Wildman–Crippen MR) is 81.5 cm³/mol. The Kier molecular flexibility index (Phi) is 4.75. The Hall–Kier alpha value is -3.16. The largest absolute Gasteiger partial charge is 0.494 e. The Morgan fingerprint density at radius 2 is 1.87 bits per heavy atom. The van der Waals surface area contributed by atoms with Gasteiger partial charge in [0.2, 0.25) is 5.88 Å². The number of Topliss-reactive ketones (excluding diaryl/α,β-unsaturated/α-hetero) is 1. The van der Waals surface area contributed by atoms with Crippen LogP contribution in [0.25, 0.3) is 0 Å². The molecule has 0 unspecified atom stereocenters. The van der Waals surface area contributed by atoms with Gasteiger partial charge < -0.3 is 10.4 Å². The Morgan fingerprint density at radius 3 is 2.48 bits per heavy atom. The van der Waals surface area contributed by atoms with Crippen molar-refractivity contribution in [2.45, 2.75) is 13.5 Å². The van der Waals surface area contributed by atoms with E-state index in [4.69, 9.17) is 0 Å². The van der Waals surface area contributed by atoms with Gasteiger partial charge in [-0.3, -0.25) is 23.9 Å². The number of nitrogens with one attached hydrogen (secondary N) is 2. The van der Waals surface area contributed by atoms with Gasteiger partial charge in [0, 0.05) is 0 Å². The van der Waals surface area contributed by atoms with Gasteiger partial charge >= 0.3 is 5.69 Å². The molecule has 1 heterocycles. The molecule has 8 heteroatoms. The van der Waals surface area contributed by atoms with E-state index in [1.165, 1.54) is 6.92 Å². The van der Waals surface area contributed by atoms with Gasteiger partial charge in [-0.15, -0.1) is 0 Å². The molecule has 120 valence electrons. The van der Waals surface area contributed by atoms with Crippen molar-refractivity contribution in [1.82, 2.24) is 14.9 Å². The monoisotopic (exact) mass is 317 g/mol. The maximum Gasteiger partial charge on any atom is 0.331 e. The van der Waals surface area contributed by atoms with Crippen molar-refractivity contribution >= 4 is 11.7 Å². The summed E-state index contributed by atoms with van der Waals surface area (Å²) in [5.41, 5.74) is -1.70. The van der Waals surface area contributed by atoms with Crippen LogP contribution in [0.4, 0.5) is 0 Å². The van der Waals surface area contributed by atoms with Crippen molar-refractivity contribution in [3.05, 3.63) is 62.3 Å². The highest BCUT2D eigenvalue weighted by molar-refractivity contribution is 5.97. The van der Waals surface area contributed by atoms with Crippen LogP contribution in [-0.4, -0.2) is 32.9 Å². The van der Waals surface area contributed by atoms with Crippen LogP contribution in [0.3, 0.4) is 0 Å². The average Bonchev–Trinajstić information content (AvgIpc) is 2.50. The third kappa shape index (κ3) is 3.73. The van der Waals surface area contributed by atoms with E-state index in [2.05, 4.69) is 10.3 Å².